The van der Waals surface area contributed by atoms with E-state index in [4.69, 9.17) is 4.74 Å². The molecule has 0 bridgehead atoms. The Kier molecular flexibility index (Phi) is 8.11. The summed E-state index contributed by atoms with van der Waals surface area (Å²) in [7, 11) is 1.80. The Labute approximate surface area is 125 Å². The molecular weight excluding hydrogens is 270 g/mol. The SMILES string of the molecule is CCCNC(=O)CCNc1cc(NC)nc(COCC)n1. The van der Waals surface area contributed by atoms with Gasteiger partial charge in [0.1, 0.15) is 18.2 Å². The number of hydrogen-bond donors (Lipinski definition) is 3. The minimum Gasteiger partial charge on any atom is -0.374 e. The number of ether oxygens (including phenoxy) is 1. The van der Waals surface area contributed by atoms with Crippen molar-refractivity contribution < 1.29 is 9.53 Å². The first-order valence-corrected chi connectivity index (χ1v) is 7.33. The van der Waals surface area contributed by atoms with Gasteiger partial charge in [-0.2, -0.15) is 0 Å². The summed E-state index contributed by atoms with van der Waals surface area (Å²) < 4.78 is 5.32. The Hall–Kier alpha value is -1.89. The lowest BCUT2D eigenvalue weighted by Crippen LogP contribution is -2.26. The molecule has 1 aromatic heterocycles. The first-order valence-electron chi connectivity index (χ1n) is 7.33. The molecule has 0 aliphatic carbocycles. The van der Waals surface area contributed by atoms with Crippen molar-refractivity contribution in [2.45, 2.75) is 33.3 Å². The third-order valence-corrected chi connectivity index (χ3v) is 2.69. The normalized spacial score (nSPS) is 10.2. The van der Waals surface area contributed by atoms with Crippen molar-refractivity contribution in [3.8, 4) is 0 Å². The fourth-order valence-electron chi connectivity index (χ4n) is 1.63. The minimum atomic E-state index is 0.0433. The molecule has 0 saturated heterocycles. The maximum atomic E-state index is 11.5. The van der Waals surface area contributed by atoms with Gasteiger partial charge < -0.3 is 20.7 Å². The predicted octanol–water partition coefficient (Wildman–Crippen LogP) is 1.38. The first kappa shape index (κ1) is 17.2. The van der Waals surface area contributed by atoms with Gasteiger partial charge in [0.05, 0.1) is 0 Å². The summed E-state index contributed by atoms with van der Waals surface area (Å²) in [6.45, 7) is 6.19. The average Bonchev–Trinajstić information content (AvgIpc) is 2.50. The van der Waals surface area contributed by atoms with E-state index in [0.717, 1.165) is 18.8 Å². The molecule has 1 amide bonds. The summed E-state index contributed by atoms with van der Waals surface area (Å²) >= 11 is 0. The molecule has 1 aromatic rings. The fraction of sp³-hybridized carbons (Fsp3) is 0.643. The van der Waals surface area contributed by atoms with Crippen molar-refractivity contribution in [2.75, 3.05) is 37.4 Å². The van der Waals surface area contributed by atoms with E-state index in [1.54, 1.807) is 13.1 Å². The summed E-state index contributed by atoms with van der Waals surface area (Å²) in [5.74, 6) is 2.06. The predicted molar refractivity (Wildman–Crippen MR) is 83.3 cm³/mol. The molecule has 0 aliphatic rings. The Bertz CT molecular complexity index is 439. The van der Waals surface area contributed by atoms with Crippen LogP contribution in [0.3, 0.4) is 0 Å². The molecule has 1 rings (SSSR count). The topological polar surface area (TPSA) is 88.2 Å². The van der Waals surface area contributed by atoms with Crippen LogP contribution in [0.25, 0.3) is 0 Å². The van der Waals surface area contributed by atoms with E-state index < -0.39 is 0 Å². The van der Waals surface area contributed by atoms with Crippen molar-refractivity contribution in [3.05, 3.63) is 11.9 Å². The van der Waals surface area contributed by atoms with E-state index in [1.807, 2.05) is 13.8 Å². The Morgan fingerprint density at radius 2 is 2.00 bits per heavy atom. The standard InChI is InChI=1S/C14H25N5O2/c1-4-7-17-14(20)6-8-16-12-9-11(15-3)18-13(19-12)10-21-5-2/h9H,4-8,10H2,1-3H3,(H,17,20)(H2,15,16,18,19). The molecule has 0 fully saturated rings. The van der Waals surface area contributed by atoms with Gasteiger partial charge in [0, 0.05) is 39.2 Å². The van der Waals surface area contributed by atoms with Crippen molar-refractivity contribution in [1.29, 1.82) is 0 Å². The number of anilines is 2. The Morgan fingerprint density at radius 3 is 2.67 bits per heavy atom. The van der Waals surface area contributed by atoms with Crippen LogP contribution in [0.4, 0.5) is 11.6 Å². The lowest BCUT2D eigenvalue weighted by atomic mass is 10.3. The van der Waals surface area contributed by atoms with Crippen LogP contribution in [0.1, 0.15) is 32.5 Å². The minimum absolute atomic E-state index is 0.0433. The number of hydrogen-bond acceptors (Lipinski definition) is 6. The van der Waals surface area contributed by atoms with Crippen molar-refractivity contribution in [1.82, 2.24) is 15.3 Å². The van der Waals surface area contributed by atoms with Crippen LogP contribution in [0.2, 0.25) is 0 Å². The molecule has 0 aromatic carbocycles. The second-order valence-electron chi connectivity index (χ2n) is 4.47. The summed E-state index contributed by atoms with van der Waals surface area (Å²) in [5, 5.41) is 8.96. The number of amides is 1. The molecule has 0 saturated carbocycles. The van der Waals surface area contributed by atoms with Crippen LogP contribution >= 0.6 is 0 Å². The van der Waals surface area contributed by atoms with Gasteiger partial charge in [-0.15, -0.1) is 0 Å². The number of carbonyl (C=O) groups is 1. The molecular formula is C14H25N5O2. The molecule has 118 valence electrons. The first-order chi connectivity index (χ1) is 10.2. The molecule has 3 N–H and O–H groups in total. The maximum absolute atomic E-state index is 11.5. The highest BCUT2D eigenvalue weighted by Crippen LogP contribution is 2.11. The molecule has 0 spiro atoms. The Morgan fingerprint density at radius 1 is 1.24 bits per heavy atom. The van der Waals surface area contributed by atoms with Crippen LogP contribution in [-0.2, 0) is 16.1 Å². The van der Waals surface area contributed by atoms with Gasteiger partial charge in [-0.1, -0.05) is 6.92 Å². The second-order valence-corrected chi connectivity index (χ2v) is 4.47. The largest absolute Gasteiger partial charge is 0.374 e. The van der Waals surface area contributed by atoms with E-state index in [0.29, 0.717) is 37.8 Å². The maximum Gasteiger partial charge on any atom is 0.221 e. The number of rotatable bonds is 10. The second kappa shape index (κ2) is 9.93. The zero-order valence-electron chi connectivity index (χ0n) is 13.0. The van der Waals surface area contributed by atoms with Gasteiger partial charge in [0.25, 0.3) is 0 Å². The molecule has 7 nitrogen and oxygen atoms in total. The van der Waals surface area contributed by atoms with E-state index in [2.05, 4.69) is 25.9 Å². The molecule has 1 heterocycles. The highest BCUT2D eigenvalue weighted by atomic mass is 16.5. The third kappa shape index (κ3) is 6.89. The van der Waals surface area contributed by atoms with E-state index in [1.165, 1.54) is 0 Å². The van der Waals surface area contributed by atoms with E-state index >= 15 is 0 Å². The summed E-state index contributed by atoms with van der Waals surface area (Å²) in [4.78, 5) is 20.2. The van der Waals surface area contributed by atoms with Crippen LogP contribution in [0.5, 0.6) is 0 Å². The van der Waals surface area contributed by atoms with Gasteiger partial charge in [0.2, 0.25) is 5.91 Å². The van der Waals surface area contributed by atoms with Crippen molar-refractivity contribution in [2.24, 2.45) is 0 Å². The fourth-order valence-corrected chi connectivity index (χ4v) is 1.63. The van der Waals surface area contributed by atoms with Gasteiger partial charge >= 0.3 is 0 Å². The number of nitrogens with zero attached hydrogens (tertiary/aromatic N) is 2. The molecule has 7 heteroatoms. The Balaban J connectivity index is 2.51. The molecule has 0 aliphatic heterocycles. The van der Waals surface area contributed by atoms with Crippen LogP contribution in [0.15, 0.2) is 6.07 Å². The number of nitrogens with one attached hydrogen (secondary N) is 3. The van der Waals surface area contributed by atoms with E-state index in [-0.39, 0.29) is 5.91 Å². The van der Waals surface area contributed by atoms with Crippen LogP contribution in [-0.4, -0.2) is 42.6 Å². The van der Waals surface area contributed by atoms with Gasteiger partial charge in [-0.3, -0.25) is 4.79 Å². The molecule has 0 atom stereocenters. The number of aromatic nitrogens is 2. The highest BCUT2D eigenvalue weighted by molar-refractivity contribution is 5.76. The molecule has 0 unspecified atom stereocenters. The zero-order valence-corrected chi connectivity index (χ0v) is 13.0. The monoisotopic (exact) mass is 295 g/mol. The van der Waals surface area contributed by atoms with Crippen LogP contribution in [0, 0.1) is 0 Å². The summed E-state index contributed by atoms with van der Waals surface area (Å²) in [6, 6.07) is 1.80. The average molecular weight is 295 g/mol. The van der Waals surface area contributed by atoms with Gasteiger partial charge in [0.15, 0.2) is 5.82 Å². The van der Waals surface area contributed by atoms with E-state index in [9.17, 15) is 4.79 Å². The van der Waals surface area contributed by atoms with Gasteiger partial charge in [-0.25, -0.2) is 9.97 Å². The number of carbonyl (C=O) groups excluding carboxylic acids is 1. The van der Waals surface area contributed by atoms with Gasteiger partial charge in [-0.05, 0) is 13.3 Å². The quantitative estimate of drug-likeness (QED) is 0.604. The lowest BCUT2D eigenvalue weighted by Gasteiger charge is -2.10. The summed E-state index contributed by atoms with van der Waals surface area (Å²) in [5.41, 5.74) is 0. The highest BCUT2D eigenvalue weighted by Gasteiger charge is 2.05. The smallest absolute Gasteiger partial charge is 0.221 e. The summed E-state index contributed by atoms with van der Waals surface area (Å²) in [6.07, 6.45) is 1.36. The molecule has 0 radical (unpaired) electrons. The lowest BCUT2D eigenvalue weighted by molar-refractivity contribution is -0.120. The van der Waals surface area contributed by atoms with Crippen molar-refractivity contribution in [3.63, 3.8) is 0 Å². The van der Waals surface area contributed by atoms with Crippen molar-refractivity contribution >= 4 is 17.5 Å². The zero-order chi connectivity index (χ0) is 15.5. The van der Waals surface area contributed by atoms with Crippen LogP contribution < -0.4 is 16.0 Å². The third-order valence-electron chi connectivity index (χ3n) is 2.69. The molecule has 21 heavy (non-hydrogen) atoms.